The van der Waals surface area contributed by atoms with Crippen LogP contribution < -0.4 is 16.2 Å². The van der Waals surface area contributed by atoms with Crippen LogP contribution >= 0.6 is 11.3 Å². The molecule has 1 aromatic carbocycles. The second-order valence-electron chi connectivity index (χ2n) is 5.17. The Balaban J connectivity index is 1.82. The van der Waals surface area contributed by atoms with Gasteiger partial charge in [0.1, 0.15) is 6.04 Å². The minimum atomic E-state index is -0.776. The maximum Gasteiger partial charge on any atom is 0.269 e. The SMILES string of the molecule is CCc1ccc(C(=O)NNC(=O)C(C)NC(=O)c2cccs2)cc1. The van der Waals surface area contributed by atoms with Crippen LogP contribution in [0.25, 0.3) is 0 Å². The van der Waals surface area contributed by atoms with Gasteiger partial charge in [0.15, 0.2) is 0 Å². The first kappa shape index (κ1) is 17.7. The first-order valence-corrected chi connectivity index (χ1v) is 8.42. The number of amides is 3. The molecule has 24 heavy (non-hydrogen) atoms. The number of hydrogen-bond donors (Lipinski definition) is 3. The fourth-order valence-corrected chi connectivity index (χ4v) is 2.56. The minimum Gasteiger partial charge on any atom is -0.340 e. The molecule has 3 amide bonds. The third-order valence-electron chi connectivity index (χ3n) is 3.41. The Hall–Kier alpha value is -2.67. The van der Waals surface area contributed by atoms with Crippen molar-refractivity contribution >= 4 is 29.1 Å². The molecule has 1 unspecified atom stereocenters. The van der Waals surface area contributed by atoms with E-state index in [2.05, 4.69) is 16.2 Å². The van der Waals surface area contributed by atoms with Gasteiger partial charge in [0.2, 0.25) is 0 Å². The number of aryl methyl sites for hydroxylation is 1. The van der Waals surface area contributed by atoms with Gasteiger partial charge in [0.05, 0.1) is 4.88 Å². The maximum absolute atomic E-state index is 12.0. The highest BCUT2D eigenvalue weighted by atomic mass is 32.1. The summed E-state index contributed by atoms with van der Waals surface area (Å²) in [6, 6.07) is 9.77. The molecule has 0 bridgehead atoms. The summed E-state index contributed by atoms with van der Waals surface area (Å²) in [6.07, 6.45) is 0.889. The summed E-state index contributed by atoms with van der Waals surface area (Å²) in [4.78, 5) is 36.3. The number of benzene rings is 1. The minimum absolute atomic E-state index is 0.325. The lowest BCUT2D eigenvalue weighted by molar-refractivity contribution is -0.123. The molecule has 3 N–H and O–H groups in total. The molecule has 0 aliphatic heterocycles. The molecule has 1 aromatic heterocycles. The summed E-state index contributed by atoms with van der Waals surface area (Å²) in [5.41, 5.74) is 6.22. The third-order valence-corrected chi connectivity index (χ3v) is 4.28. The number of rotatable bonds is 5. The van der Waals surface area contributed by atoms with Crippen molar-refractivity contribution in [3.05, 3.63) is 57.8 Å². The summed E-state index contributed by atoms with van der Waals surface area (Å²) in [7, 11) is 0. The lowest BCUT2D eigenvalue weighted by Crippen LogP contribution is -2.51. The quantitative estimate of drug-likeness (QED) is 0.723. The zero-order valence-corrected chi connectivity index (χ0v) is 14.3. The molecule has 0 saturated carbocycles. The first-order valence-electron chi connectivity index (χ1n) is 7.54. The lowest BCUT2D eigenvalue weighted by atomic mass is 10.1. The average Bonchev–Trinajstić information content (AvgIpc) is 3.14. The van der Waals surface area contributed by atoms with E-state index in [0.717, 1.165) is 12.0 Å². The Labute approximate surface area is 144 Å². The highest BCUT2D eigenvalue weighted by Crippen LogP contribution is 2.08. The molecule has 0 aliphatic carbocycles. The van der Waals surface area contributed by atoms with Crippen LogP contribution in [0.15, 0.2) is 41.8 Å². The molecule has 0 radical (unpaired) electrons. The molecule has 0 spiro atoms. The van der Waals surface area contributed by atoms with Crippen molar-refractivity contribution in [2.75, 3.05) is 0 Å². The van der Waals surface area contributed by atoms with E-state index in [-0.39, 0.29) is 5.91 Å². The second kappa shape index (κ2) is 8.26. The van der Waals surface area contributed by atoms with E-state index in [9.17, 15) is 14.4 Å². The number of carbonyl (C=O) groups is 3. The van der Waals surface area contributed by atoms with Gasteiger partial charge >= 0.3 is 0 Å². The van der Waals surface area contributed by atoms with Crippen LogP contribution in [0, 0.1) is 0 Å². The molecule has 126 valence electrons. The van der Waals surface area contributed by atoms with Crippen molar-refractivity contribution in [2.45, 2.75) is 26.3 Å². The molecule has 6 nitrogen and oxygen atoms in total. The van der Waals surface area contributed by atoms with Crippen molar-refractivity contribution in [1.82, 2.24) is 16.2 Å². The molecule has 2 aromatic rings. The second-order valence-corrected chi connectivity index (χ2v) is 6.11. The monoisotopic (exact) mass is 345 g/mol. The topological polar surface area (TPSA) is 87.3 Å². The van der Waals surface area contributed by atoms with Crippen LogP contribution in [0.3, 0.4) is 0 Å². The highest BCUT2D eigenvalue weighted by Gasteiger charge is 2.17. The number of hydrazine groups is 1. The summed E-state index contributed by atoms with van der Waals surface area (Å²) in [5, 5.41) is 4.35. The van der Waals surface area contributed by atoms with E-state index in [1.165, 1.54) is 11.3 Å². The summed E-state index contributed by atoms with van der Waals surface area (Å²) >= 11 is 1.29. The smallest absolute Gasteiger partial charge is 0.269 e. The Morgan fingerprint density at radius 2 is 1.75 bits per heavy atom. The fourth-order valence-electron chi connectivity index (χ4n) is 1.93. The Bertz CT molecular complexity index is 711. The largest absolute Gasteiger partial charge is 0.340 e. The van der Waals surface area contributed by atoms with Gasteiger partial charge in [-0.25, -0.2) is 0 Å². The van der Waals surface area contributed by atoms with Crippen LogP contribution in [0.2, 0.25) is 0 Å². The van der Waals surface area contributed by atoms with Crippen molar-refractivity contribution in [3.63, 3.8) is 0 Å². The molecule has 0 aliphatic rings. The van der Waals surface area contributed by atoms with Crippen molar-refractivity contribution in [3.8, 4) is 0 Å². The van der Waals surface area contributed by atoms with Gasteiger partial charge in [-0.3, -0.25) is 25.2 Å². The van der Waals surface area contributed by atoms with Gasteiger partial charge < -0.3 is 5.32 Å². The van der Waals surface area contributed by atoms with E-state index >= 15 is 0 Å². The predicted molar refractivity (Wildman–Crippen MR) is 92.7 cm³/mol. The zero-order chi connectivity index (χ0) is 17.5. The van der Waals surface area contributed by atoms with Crippen LogP contribution in [0.5, 0.6) is 0 Å². The molecule has 7 heteroatoms. The van der Waals surface area contributed by atoms with Gasteiger partial charge in [-0.2, -0.15) is 0 Å². The summed E-state index contributed by atoms with van der Waals surface area (Å²) < 4.78 is 0. The number of carbonyl (C=O) groups excluding carboxylic acids is 3. The van der Waals surface area contributed by atoms with Crippen LogP contribution in [-0.2, 0) is 11.2 Å². The van der Waals surface area contributed by atoms with Crippen molar-refractivity contribution in [1.29, 1.82) is 0 Å². The Kier molecular flexibility index (Phi) is 6.08. The fraction of sp³-hybridized carbons (Fsp3) is 0.235. The predicted octanol–water partition coefficient (Wildman–Crippen LogP) is 1.89. The number of hydrogen-bond acceptors (Lipinski definition) is 4. The summed E-state index contributed by atoms with van der Waals surface area (Å²) in [6.45, 7) is 3.57. The highest BCUT2D eigenvalue weighted by molar-refractivity contribution is 7.12. The van der Waals surface area contributed by atoms with Crippen molar-refractivity contribution in [2.24, 2.45) is 0 Å². The normalized spacial score (nSPS) is 11.4. The van der Waals surface area contributed by atoms with E-state index in [1.807, 2.05) is 19.1 Å². The van der Waals surface area contributed by atoms with Gasteiger partial charge in [0, 0.05) is 5.56 Å². The Morgan fingerprint density at radius 3 is 2.33 bits per heavy atom. The van der Waals surface area contributed by atoms with Gasteiger partial charge in [0.25, 0.3) is 17.7 Å². The summed E-state index contributed by atoms with van der Waals surface area (Å²) in [5.74, 6) is -1.24. The number of thiophene rings is 1. The lowest BCUT2D eigenvalue weighted by Gasteiger charge is -2.14. The molecular weight excluding hydrogens is 326 g/mol. The van der Waals surface area contributed by atoms with E-state index in [0.29, 0.717) is 10.4 Å². The zero-order valence-electron chi connectivity index (χ0n) is 13.5. The van der Waals surface area contributed by atoms with E-state index < -0.39 is 17.9 Å². The molecule has 1 heterocycles. The Morgan fingerprint density at radius 1 is 1.04 bits per heavy atom. The maximum atomic E-state index is 12.0. The molecule has 2 rings (SSSR count). The van der Waals surface area contributed by atoms with Gasteiger partial charge in [-0.1, -0.05) is 25.1 Å². The van der Waals surface area contributed by atoms with Crippen LogP contribution in [0.1, 0.15) is 39.4 Å². The number of nitrogens with one attached hydrogen (secondary N) is 3. The average molecular weight is 345 g/mol. The molecule has 0 fully saturated rings. The van der Waals surface area contributed by atoms with Crippen LogP contribution in [-0.4, -0.2) is 23.8 Å². The molecule has 1 atom stereocenters. The van der Waals surface area contributed by atoms with Crippen molar-refractivity contribution < 1.29 is 14.4 Å². The molecule has 0 saturated heterocycles. The van der Waals surface area contributed by atoms with Crippen LogP contribution in [0.4, 0.5) is 0 Å². The van der Waals surface area contributed by atoms with Gasteiger partial charge in [-0.15, -0.1) is 11.3 Å². The molecular formula is C17H19N3O3S. The van der Waals surface area contributed by atoms with Gasteiger partial charge in [-0.05, 0) is 42.5 Å². The first-order chi connectivity index (χ1) is 11.5. The van der Waals surface area contributed by atoms with E-state index in [4.69, 9.17) is 0 Å². The van der Waals surface area contributed by atoms with E-state index in [1.54, 1.807) is 36.6 Å². The standard InChI is InChI=1S/C17H19N3O3S/c1-3-12-6-8-13(9-7-12)16(22)20-19-15(21)11(2)18-17(23)14-5-4-10-24-14/h4-11H,3H2,1-2H3,(H,18,23)(H,19,21)(H,20,22). The third kappa shape index (κ3) is 4.66.